The fourth-order valence-corrected chi connectivity index (χ4v) is 3.82. The zero-order valence-electron chi connectivity index (χ0n) is 15.1. The lowest BCUT2D eigenvalue weighted by atomic mass is 10.2. The SMILES string of the molecule is Cc1nc2ccccc2c(=O)n1CC(=O)NCC(c1cccs1)N(C)C. The van der Waals surface area contributed by atoms with E-state index < -0.39 is 0 Å². The van der Waals surface area contributed by atoms with Crippen LogP contribution in [0.1, 0.15) is 16.7 Å². The van der Waals surface area contributed by atoms with Crippen LogP contribution in [0.4, 0.5) is 0 Å². The predicted molar refractivity (Wildman–Crippen MR) is 104 cm³/mol. The summed E-state index contributed by atoms with van der Waals surface area (Å²) >= 11 is 1.66. The summed E-state index contributed by atoms with van der Waals surface area (Å²) in [6.07, 6.45) is 0. The van der Waals surface area contributed by atoms with Crippen molar-refractivity contribution >= 4 is 28.1 Å². The van der Waals surface area contributed by atoms with E-state index in [4.69, 9.17) is 0 Å². The molecule has 2 heterocycles. The number of fused-ring (bicyclic) bond motifs is 1. The first-order valence-corrected chi connectivity index (χ1v) is 9.28. The highest BCUT2D eigenvalue weighted by atomic mass is 32.1. The van der Waals surface area contributed by atoms with Gasteiger partial charge in [-0.1, -0.05) is 18.2 Å². The fraction of sp³-hybridized carbons (Fsp3) is 0.316. The molecule has 136 valence electrons. The molecule has 1 amide bonds. The molecule has 0 aliphatic heterocycles. The topological polar surface area (TPSA) is 67.2 Å². The summed E-state index contributed by atoms with van der Waals surface area (Å²) < 4.78 is 1.42. The lowest BCUT2D eigenvalue weighted by Crippen LogP contribution is -2.38. The number of aryl methyl sites for hydroxylation is 1. The average molecular weight is 370 g/mol. The molecular weight excluding hydrogens is 348 g/mol. The maximum absolute atomic E-state index is 12.7. The Morgan fingerprint density at radius 3 is 2.73 bits per heavy atom. The van der Waals surface area contributed by atoms with Crippen LogP contribution >= 0.6 is 11.3 Å². The van der Waals surface area contributed by atoms with Gasteiger partial charge in [0.25, 0.3) is 5.56 Å². The van der Waals surface area contributed by atoms with E-state index in [0.717, 1.165) is 0 Å². The second-order valence-corrected chi connectivity index (χ2v) is 7.35. The number of amides is 1. The van der Waals surface area contributed by atoms with Crippen molar-refractivity contribution in [2.24, 2.45) is 0 Å². The van der Waals surface area contributed by atoms with Crippen molar-refractivity contribution in [3.05, 3.63) is 62.8 Å². The summed E-state index contributed by atoms with van der Waals surface area (Å²) in [5.41, 5.74) is 0.461. The number of nitrogens with one attached hydrogen (secondary N) is 1. The first-order chi connectivity index (χ1) is 12.5. The first kappa shape index (κ1) is 18.3. The summed E-state index contributed by atoms with van der Waals surface area (Å²) in [6, 6.07) is 11.3. The molecule has 6 nitrogen and oxygen atoms in total. The number of rotatable bonds is 6. The Morgan fingerprint density at radius 2 is 2.04 bits per heavy atom. The number of thiophene rings is 1. The molecule has 3 rings (SSSR count). The van der Waals surface area contributed by atoms with E-state index in [1.54, 1.807) is 36.5 Å². The summed E-state index contributed by atoms with van der Waals surface area (Å²) in [7, 11) is 3.97. The second-order valence-electron chi connectivity index (χ2n) is 6.37. The smallest absolute Gasteiger partial charge is 0.261 e. The van der Waals surface area contributed by atoms with E-state index in [9.17, 15) is 9.59 Å². The Hall–Kier alpha value is -2.51. The zero-order chi connectivity index (χ0) is 18.7. The molecule has 0 fully saturated rings. The highest BCUT2D eigenvalue weighted by Gasteiger charge is 2.17. The van der Waals surface area contributed by atoms with Crippen molar-refractivity contribution in [3.63, 3.8) is 0 Å². The van der Waals surface area contributed by atoms with Gasteiger partial charge in [0.2, 0.25) is 5.91 Å². The molecule has 26 heavy (non-hydrogen) atoms. The molecule has 1 unspecified atom stereocenters. The third-order valence-corrected chi connectivity index (χ3v) is 5.32. The van der Waals surface area contributed by atoms with Gasteiger partial charge in [0.05, 0.1) is 16.9 Å². The molecule has 0 spiro atoms. The van der Waals surface area contributed by atoms with Crippen molar-refractivity contribution in [2.75, 3.05) is 20.6 Å². The van der Waals surface area contributed by atoms with Gasteiger partial charge in [-0.05, 0) is 44.6 Å². The minimum atomic E-state index is -0.198. The van der Waals surface area contributed by atoms with Crippen LogP contribution in [0.2, 0.25) is 0 Å². The van der Waals surface area contributed by atoms with Crippen LogP contribution in [0.25, 0.3) is 10.9 Å². The largest absolute Gasteiger partial charge is 0.353 e. The quantitative estimate of drug-likeness (QED) is 0.722. The highest BCUT2D eigenvalue weighted by molar-refractivity contribution is 7.10. The van der Waals surface area contributed by atoms with Crippen LogP contribution in [-0.4, -0.2) is 41.0 Å². The average Bonchev–Trinajstić information content (AvgIpc) is 3.13. The van der Waals surface area contributed by atoms with E-state index >= 15 is 0 Å². The van der Waals surface area contributed by atoms with Crippen molar-refractivity contribution < 1.29 is 4.79 Å². The third-order valence-electron chi connectivity index (χ3n) is 4.34. The number of hydrogen-bond acceptors (Lipinski definition) is 5. The maximum Gasteiger partial charge on any atom is 0.261 e. The van der Waals surface area contributed by atoms with E-state index in [0.29, 0.717) is 23.3 Å². The molecule has 0 radical (unpaired) electrons. The fourth-order valence-electron chi connectivity index (χ4n) is 2.89. The molecule has 3 aromatic rings. The Labute approximate surface area is 156 Å². The van der Waals surface area contributed by atoms with Crippen LogP contribution in [0, 0.1) is 6.92 Å². The van der Waals surface area contributed by atoms with Gasteiger partial charge in [0, 0.05) is 11.4 Å². The monoisotopic (exact) mass is 370 g/mol. The Balaban J connectivity index is 1.74. The van der Waals surface area contributed by atoms with Crippen LogP contribution in [0.15, 0.2) is 46.6 Å². The first-order valence-electron chi connectivity index (χ1n) is 8.40. The third kappa shape index (κ3) is 3.84. The number of para-hydroxylation sites is 1. The Kier molecular flexibility index (Phi) is 5.49. The van der Waals surface area contributed by atoms with E-state index in [-0.39, 0.29) is 24.1 Å². The molecule has 0 saturated heterocycles. The van der Waals surface area contributed by atoms with Crippen LogP contribution < -0.4 is 10.9 Å². The second kappa shape index (κ2) is 7.80. The number of hydrogen-bond donors (Lipinski definition) is 1. The minimum absolute atomic E-state index is 0.0346. The van der Waals surface area contributed by atoms with Crippen molar-refractivity contribution in [1.82, 2.24) is 19.8 Å². The minimum Gasteiger partial charge on any atom is -0.353 e. The number of benzene rings is 1. The van der Waals surface area contributed by atoms with E-state index in [1.165, 1.54) is 9.44 Å². The van der Waals surface area contributed by atoms with Gasteiger partial charge in [0.1, 0.15) is 12.4 Å². The van der Waals surface area contributed by atoms with Crippen molar-refractivity contribution in [2.45, 2.75) is 19.5 Å². The van der Waals surface area contributed by atoms with Gasteiger partial charge in [-0.3, -0.25) is 14.2 Å². The predicted octanol–water partition coefficient (Wildman–Crippen LogP) is 2.19. The van der Waals surface area contributed by atoms with Crippen LogP contribution in [0.3, 0.4) is 0 Å². The molecule has 0 aliphatic rings. The lowest BCUT2D eigenvalue weighted by molar-refractivity contribution is -0.122. The summed E-state index contributed by atoms with van der Waals surface area (Å²) in [5.74, 6) is 0.335. The van der Waals surface area contributed by atoms with Gasteiger partial charge >= 0.3 is 0 Å². The highest BCUT2D eigenvalue weighted by Crippen LogP contribution is 2.22. The molecule has 2 aromatic heterocycles. The number of nitrogens with zero attached hydrogens (tertiary/aromatic N) is 3. The molecular formula is C19H22N4O2S. The molecule has 0 bridgehead atoms. The maximum atomic E-state index is 12.7. The Morgan fingerprint density at radius 1 is 1.27 bits per heavy atom. The van der Waals surface area contributed by atoms with Crippen LogP contribution in [-0.2, 0) is 11.3 Å². The lowest BCUT2D eigenvalue weighted by Gasteiger charge is -2.23. The summed E-state index contributed by atoms with van der Waals surface area (Å²) in [6.45, 7) is 2.20. The van der Waals surface area contributed by atoms with Crippen molar-refractivity contribution in [3.8, 4) is 0 Å². The number of carbonyl (C=O) groups excluding carboxylic acids is 1. The summed E-state index contributed by atoms with van der Waals surface area (Å²) in [5, 5.41) is 5.49. The van der Waals surface area contributed by atoms with Gasteiger partial charge in [-0.15, -0.1) is 11.3 Å². The van der Waals surface area contributed by atoms with Crippen LogP contribution in [0.5, 0.6) is 0 Å². The molecule has 0 aliphatic carbocycles. The van der Waals surface area contributed by atoms with E-state index in [2.05, 4.69) is 21.3 Å². The standard InChI is InChI=1S/C19H22N4O2S/c1-13-21-15-8-5-4-7-14(15)19(25)23(13)12-18(24)20-11-16(22(2)3)17-9-6-10-26-17/h4-10,16H,11-12H2,1-3H3,(H,20,24). The Bertz CT molecular complexity index is 963. The summed E-state index contributed by atoms with van der Waals surface area (Å²) in [4.78, 5) is 32.8. The van der Waals surface area contributed by atoms with Gasteiger partial charge < -0.3 is 10.2 Å². The molecule has 1 atom stereocenters. The number of carbonyl (C=O) groups is 1. The molecule has 1 N–H and O–H groups in total. The van der Waals surface area contributed by atoms with Gasteiger partial charge in [0.15, 0.2) is 0 Å². The van der Waals surface area contributed by atoms with Gasteiger partial charge in [-0.25, -0.2) is 4.98 Å². The zero-order valence-corrected chi connectivity index (χ0v) is 15.9. The normalized spacial score (nSPS) is 12.5. The number of aromatic nitrogens is 2. The molecule has 7 heteroatoms. The molecule has 1 aromatic carbocycles. The van der Waals surface area contributed by atoms with Crippen molar-refractivity contribution in [1.29, 1.82) is 0 Å². The van der Waals surface area contributed by atoms with Gasteiger partial charge in [-0.2, -0.15) is 0 Å². The van der Waals surface area contributed by atoms with E-state index in [1.807, 2.05) is 31.6 Å². The number of likely N-dealkylation sites (N-methyl/N-ethyl adjacent to an activating group) is 1. The molecule has 0 saturated carbocycles.